The van der Waals surface area contributed by atoms with Gasteiger partial charge in [0.05, 0.1) is 18.3 Å². The van der Waals surface area contributed by atoms with Gasteiger partial charge in [-0.3, -0.25) is 4.79 Å². The van der Waals surface area contributed by atoms with Crippen LogP contribution in [0, 0.1) is 13.8 Å². The van der Waals surface area contributed by atoms with E-state index in [1.54, 1.807) is 31.4 Å². The van der Waals surface area contributed by atoms with E-state index >= 15 is 0 Å². The molecule has 0 spiro atoms. The van der Waals surface area contributed by atoms with Crippen LogP contribution in [-0.4, -0.2) is 25.8 Å². The van der Waals surface area contributed by atoms with E-state index in [1.165, 1.54) is 6.21 Å². The van der Waals surface area contributed by atoms with Gasteiger partial charge < -0.3 is 13.9 Å². The molecule has 1 amide bonds. The Bertz CT molecular complexity index is 1070. The smallest absolute Gasteiger partial charge is 0.277 e. The predicted octanol–water partition coefficient (Wildman–Crippen LogP) is 5.52. The summed E-state index contributed by atoms with van der Waals surface area (Å²) in [6.45, 7) is 3.70. The van der Waals surface area contributed by atoms with Gasteiger partial charge in [0.15, 0.2) is 6.61 Å². The van der Waals surface area contributed by atoms with Gasteiger partial charge in [-0.15, -0.1) is 0 Å². The van der Waals surface area contributed by atoms with E-state index in [2.05, 4.69) is 26.5 Å². The Morgan fingerprint density at radius 3 is 2.60 bits per heavy atom. The number of hydrogen-bond acceptors (Lipinski definition) is 5. The first-order valence-corrected chi connectivity index (χ1v) is 10.2. The molecule has 0 aliphatic rings. The predicted molar refractivity (Wildman–Crippen MR) is 121 cm³/mol. The highest BCUT2D eigenvalue weighted by Crippen LogP contribution is 2.31. The Morgan fingerprint density at radius 1 is 1.20 bits per heavy atom. The number of carbonyl (C=O) groups is 1. The van der Waals surface area contributed by atoms with E-state index in [-0.39, 0.29) is 12.5 Å². The fourth-order valence-electron chi connectivity index (χ4n) is 2.86. The van der Waals surface area contributed by atoms with Crippen LogP contribution in [-0.2, 0) is 4.79 Å². The fraction of sp³-hybridized carbons (Fsp3) is 0.182. The molecule has 0 fully saturated rings. The van der Waals surface area contributed by atoms with Crippen molar-refractivity contribution in [2.24, 2.45) is 5.10 Å². The summed E-state index contributed by atoms with van der Waals surface area (Å²) in [7, 11) is 1.56. The summed E-state index contributed by atoms with van der Waals surface area (Å²) in [6, 6.07) is 12.8. The highest BCUT2D eigenvalue weighted by atomic mass is 79.9. The maximum absolute atomic E-state index is 12.0. The van der Waals surface area contributed by atoms with Crippen LogP contribution in [0.5, 0.6) is 11.5 Å². The molecule has 0 bridgehead atoms. The van der Waals surface area contributed by atoms with E-state index in [9.17, 15) is 4.79 Å². The third-order valence-electron chi connectivity index (χ3n) is 4.22. The average molecular weight is 492 g/mol. The largest absolute Gasteiger partial charge is 0.495 e. The van der Waals surface area contributed by atoms with Gasteiger partial charge in [0, 0.05) is 10.0 Å². The molecule has 2 aromatic carbocycles. The van der Waals surface area contributed by atoms with Crippen LogP contribution in [0.3, 0.4) is 0 Å². The lowest BCUT2D eigenvalue weighted by Gasteiger charge is -2.11. The van der Waals surface area contributed by atoms with Gasteiger partial charge in [0.25, 0.3) is 5.91 Å². The first-order valence-electron chi connectivity index (χ1n) is 9.02. The molecular formula is C22H20BrClN2O4. The molecule has 1 N–H and O–H groups in total. The number of amides is 1. The molecule has 8 heteroatoms. The zero-order valence-electron chi connectivity index (χ0n) is 16.7. The minimum Gasteiger partial charge on any atom is -0.495 e. The number of nitrogens with one attached hydrogen (secondary N) is 1. The highest BCUT2D eigenvalue weighted by Gasteiger charge is 2.09. The second-order valence-electron chi connectivity index (χ2n) is 6.50. The molecule has 6 nitrogen and oxygen atoms in total. The van der Waals surface area contributed by atoms with Crippen LogP contribution < -0.4 is 14.9 Å². The number of hydrazone groups is 1. The topological polar surface area (TPSA) is 73.1 Å². The Kier molecular flexibility index (Phi) is 7.18. The fourth-order valence-corrected chi connectivity index (χ4v) is 3.80. The normalized spacial score (nSPS) is 11.0. The minimum atomic E-state index is -0.373. The summed E-state index contributed by atoms with van der Waals surface area (Å²) in [5, 5.41) is 4.40. The molecule has 1 heterocycles. The first kappa shape index (κ1) is 21.9. The second kappa shape index (κ2) is 9.82. The van der Waals surface area contributed by atoms with Crippen molar-refractivity contribution < 1.29 is 18.7 Å². The summed E-state index contributed by atoms with van der Waals surface area (Å²) >= 11 is 9.59. The Labute approximate surface area is 188 Å². The highest BCUT2D eigenvalue weighted by molar-refractivity contribution is 9.10. The van der Waals surface area contributed by atoms with Gasteiger partial charge in [-0.05, 0) is 67.4 Å². The third kappa shape index (κ3) is 5.43. The van der Waals surface area contributed by atoms with Gasteiger partial charge >= 0.3 is 0 Å². The van der Waals surface area contributed by atoms with E-state index in [1.807, 2.05) is 32.0 Å². The molecule has 0 unspecified atom stereocenters. The van der Waals surface area contributed by atoms with Crippen molar-refractivity contribution in [2.75, 3.05) is 13.7 Å². The number of rotatable bonds is 7. The molecule has 0 saturated heterocycles. The van der Waals surface area contributed by atoms with Crippen molar-refractivity contribution in [2.45, 2.75) is 13.8 Å². The van der Waals surface area contributed by atoms with Crippen LogP contribution in [0.1, 0.15) is 16.9 Å². The van der Waals surface area contributed by atoms with Crippen molar-refractivity contribution in [3.8, 4) is 22.8 Å². The summed E-state index contributed by atoms with van der Waals surface area (Å²) in [4.78, 5) is 12.0. The molecule has 3 aromatic rings. The summed E-state index contributed by atoms with van der Waals surface area (Å²) in [6.07, 6.45) is 1.42. The van der Waals surface area contributed by atoms with Crippen molar-refractivity contribution in [1.29, 1.82) is 0 Å². The molecule has 30 heavy (non-hydrogen) atoms. The maximum atomic E-state index is 12.0. The van der Waals surface area contributed by atoms with E-state index in [4.69, 9.17) is 25.5 Å². The van der Waals surface area contributed by atoms with Crippen LogP contribution in [0.4, 0.5) is 0 Å². The van der Waals surface area contributed by atoms with Crippen LogP contribution in [0.25, 0.3) is 11.3 Å². The van der Waals surface area contributed by atoms with Gasteiger partial charge in [0.1, 0.15) is 23.0 Å². The quantitative estimate of drug-likeness (QED) is 0.349. The molecule has 0 saturated carbocycles. The number of ether oxygens (including phenoxy) is 2. The SMILES string of the molecule is COc1ccc(-c2ccc(/C=N\NC(=O)COc3c(C)cc(Br)cc3C)o2)cc1Cl. The van der Waals surface area contributed by atoms with Crippen molar-refractivity contribution in [1.82, 2.24) is 5.43 Å². The standard InChI is InChI=1S/C22H20BrClN2O4/c1-13-8-16(23)9-14(2)22(13)29-12-21(27)26-25-11-17-5-7-19(30-17)15-4-6-20(28-3)18(24)10-15/h4-11H,12H2,1-3H3,(H,26,27)/b25-11-. The third-order valence-corrected chi connectivity index (χ3v) is 4.97. The van der Waals surface area contributed by atoms with Crippen LogP contribution in [0.2, 0.25) is 5.02 Å². The summed E-state index contributed by atoms with van der Waals surface area (Å²) < 4.78 is 17.5. The first-order chi connectivity index (χ1) is 14.4. The van der Waals surface area contributed by atoms with Crippen molar-refractivity contribution >= 4 is 39.7 Å². The molecular weight excluding hydrogens is 472 g/mol. The lowest BCUT2D eigenvalue weighted by atomic mass is 10.1. The molecule has 1 aromatic heterocycles. The molecule has 0 aliphatic heterocycles. The number of nitrogens with zero attached hydrogens (tertiary/aromatic N) is 1. The van der Waals surface area contributed by atoms with Gasteiger partial charge in [-0.2, -0.15) is 5.10 Å². The van der Waals surface area contributed by atoms with Gasteiger partial charge in [-0.1, -0.05) is 27.5 Å². The average Bonchev–Trinajstić information content (AvgIpc) is 3.16. The Balaban J connectivity index is 1.56. The van der Waals surface area contributed by atoms with E-state index < -0.39 is 0 Å². The lowest BCUT2D eigenvalue weighted by Crippen LogP contribution is -2.25. The zero-order chi connectivity index (χ0) is 21.7. The molecule has 0 aliphatic carbocycles. The number of methoxy groups -OCH3 is 1. The van der Waals surface area contributed by atoms with Crippen LogP contribution in [0.15, 0.2) is 56.5 Å². The number of halogens is 2. The molecule has 156 valence electrons. The maximum Gasteiger partial charge on any atom is 0.277 e. The molecule has 0 atom stereocenters. The number of hydrogen-bond donors (Lipinski definition) is 1. The van der Waals surface area contributed by atoms with E-state index in [0.29, 0.717) is 28.0 Å². The minimum absolute atomic E-state index is 0.144. The van der Waals surface area contributed by atoms with Crippen molar-refractivity contribution in [3.63, 3.8) is 0 Å². The monoisotopic (exact) mass is 490 g/mol. The number of aryl methyl sites for hydroxylation is 2. The number of furan rings is 1. The molecule has 3 rings (SSSR count). The second-order valence-corrected chi connectivity index (χ2v) is 7.82. The molecule has 0 radical (unpaired) electrons. The zero-order valence-corrected chi connectivity index (χ0v) is 19.0. The summed E-state index contributed by atoms with van der Waals surface area (Å²) in [5.41, 5.74) is 5.12. The van der Waals surface area contributed by atoms with Crippen molar-refractivity contribution in [3.05, 3.63) is 68.8 Å². The Hall–Kier alpha value is -2.77. The van der Waals surface area contributed by atoms with Gasteiger partial charge in [-0.25, -0.2) is 5.43 Å². The lowest BCUT2D eigenvalue weighted by molar-refractivity contribution is -0.123. The van der Waals surface area contributed by atoms with Crippen LogP contribution >= 0.6 is 27.5 Å². The van der Waals surface area contributed by atoms with Gasteiger partial charge in [0.2, 0.25) is 0 Å². The summed E-state index contributed by atoms with van der Waals surface area (Å²) in [5.74, 6) is 2.01. The number of carbonyl (C=O) groups excluding carboxylic acids is 1. The van der Waals surface area contributed by atoms with E-state index in [0.717, 1.165) is 21.2 Å². The number of benzene rings is 2. The Morgan fingerprint density at radius 2 is 1.93 bits per heavy atom.